The number of benzene rings is 3. The highest BCUT2D eigenvalue weighted by Crippen LogP contribution is 2.27. The Morgan fingerprint density at radius 2 is 1.62 bits per heavy atom. The van der Waals surface area contributed by atoms with Gasteiger partial charge in [0.15, 0.2) is 5.78 Å². The van der Waals surface area contributed by atoms with E-state index in [0.717, 1.165) is 11.1 Å². The number of carbonyl (C=O) groups is 3. The number of halogens is 1. The van der Waals surface area contributed by atoms with Crippen LogP contribution in [0.25, 0.3) is 22.2 Å². The minimum Gasteiger partial charge on any atom is -0.307 e. The van der Waals surface area contributed by atoms with Crippen molar-refractivity contribution in [2.45, 2.75) is 13.8 Å². The second-order valence-corrected chi connectivity index (χ2v) is 8.14. The first-order valence-corrected chi connectivity index (χ1v) is 10.8. The lowest BCUT2D eigenvalue weighted by atomic mass is 10.0. The van der Waals surface area contributed by atoms with Gasteiger partial charge in [0, 0.05) is 27.2 Å². The summed E-state index contributed by atoms with van der Waals surface area (Å²) in [6.45, 7) is 3.36. The minimum absolute atomic E-state index is 0.117. The number of pyridine rings is 1. The van der Waals surface area contributed by atoms with E-state index in [1.54, 1.807) is 42.5 Å². The molecule has 0 unspecified atom stereocenters. The minimum atomic E-state index is -0.651. The lowest BCUT2D eigenvalue weighted by molar-refractivity contribution is 0.0939. The summed E-state index contributed by atoms with van der Waals surface area (Å²) in [5, 5.41) is 3.85. The van der Waals surface area contributed by atoms with Gasteiger partial charge < -0.3 is 5.32 Å². The summed E-state index contributed by atoms with van der Waals surface area (Å²) in [5.41, 5.74) is 9.05. The van der Waals surface area contributed by atoms with Gasteiger partial charge in [0.25, 0.3) is 5.91 Å². The number of carbonyl (C=O) groups excluding carboxylic acids is 3. The van der Waals surface area contributed by atoms with Gasteiger partial charge in [0.2, 0.25) is 0 Å². The number of aromatic nitrogens is 1. The Hall–Kier alpha value is -4.23. The van der Waals surface area contributed by atoms with E-state index in [1.807, 2.05) is 37.3 Å². The Balaban J connectivity index is 1.57. The Labute approximate surface area is 201 Å². The lowest BCUT2D eigenvalue weighted by Gasteiger charge is -2.13. The van der Waals surface area contributed by atoms with Gasteiger partial charge in [-0.25, -0.2) is 15.2 Å². The van der Waals surface area contributed by atoms with Gasteiger partial charge >= 0.3 is 6.03 Å². The lowest BCUT2D eigenvalue weighted by Crippen LogP contribution is -2.44. The van der Waals surface area contributed by atoms with Crippen LogP contribution in [-0.2, 0) is 0 Å². The molecule has 34 heavy (non-hydrogen) atoms. The first-order chi connectivity index (χ1) is 16.3. The molecule has 0 atom stereocenters. The number of rotatable bonds is 4. The zero-order chi connectivity index (χ0) is 24.2. The monoisotopic (exact) mass is 472 g/mol. The van der Waals surface area contributed by atoms with Crippen LogP contribution in [0.15, 0.2) is 72.8 Å². The first kappa shape index (κ1) is 22.9. The predicted octanol–water partition coefficient (Wildman–Crippen LogP) is 5.53. The van der Waals surface area contributed by atoms with Gasteiger partial charge in [-0.2, -0.15) is 0 Å². The third-order valence-electron chi connectivity index (χ3n) is 5.24. The number of hydrazine groups is 1. The molecule has 8 heteroatoms. The molecule has 7 nitrogen and oxygen atoms in total. The summed E-state index contributed by atoms with van der Waals surface area (Å²) in [7, 11) is 0. The van der Waals surface area contributed by atoms with Crippen molar-refractivity contribution in [3.8, 4) is 11.3 Å². The predicted molar refractivity (Wildman–Crippen MR) is 133 cm³/mol. The number of aryl methyl sites for hydroxylation is 1. The number of amides is 3. The molecule has 0 saturated carbocycles. The van der Waals surface area contributed by atoms with Crippen LogP contribution in [0.3, 0.4) is 0 Å². The maximum atomic E-state index is 13.1. The van der Waals surface area contributed by atoms with Crippen molar-refractivity contribution >= 4 is 45.9 Å². The van der Waals surface area contributed by atoms with Crippen LogP contribution in [0.4, 0.5) is 10.5 Å². The molecule has 0 spiro atoms. The zero-order valence-electron chi connectivity index (χ0n) is 18.5. The molecular formula is C26H21ClN4O3. The number of anilines is 1. The summed E-state index contributed by atoms with van der Waals surface area (Å²) in [6.07, 6.45) is 0. The molecule has 4 rings (SSSR count). The Morgan fingerprint density at radius 1 is 0.882 bits per heavy atom. The summed E-state index contributed by atoms with van der Waals surface area (Å²) in [4.78, 5) is 41.7. The second kappa shape index (κ2) is 9.72. The molecule has 0 radical (unpaired) electrons. The van der Waals surface area contributed by atoms with E-state index in [2.05, 4.69) is 16.2 Å². The highest BCUT2D eigenvalue weighted by Gasteiger charge is 2.16. The Bertz CT molecular complexity index is 1420. The van der Waals surface area contributed by atoms with Crippen LogP contribution < -0.4 is 16.2 Å². The summed E-state index contributed by atoms with van der Waals surface area (Å²) < 4.78 is 0. The number of urea groups is 1. The first-order valence-electron chi connectivity index (χ1n) is 10.5. The third kappa shape index (κ3) is 5.05. The number of ketones is 1. The number of hydrogen-bond donors (Lipinski definition) is 3. The fourth-order valence-electron chi connectivity index (χ4n) is 3.51. The van der Waals surface area contributed by atoms with E-state index in [4.69, 9.17) is 16.6 Å². The van der Waals surface area contributed by atoms with Crippen LogP contribution in [0.5, 0.6) is 0 Å². The van der Waals surface area contributed by atoms with Gasteiger partial charge in [0.1, 0.15) is 0 Å². The van der Waals surface area contributed by atoms with E-state index >= 15 is 0 Å². The van der Waals surface area contributed by atoms with Crippen molar-refractivity contribution in [1.82, 2.24) is 15.8 Å². The largest absolute Gasteiger partial charge is 0.337 e. The molecule has 170 valence electrons. The molecule has 0 aliphatic rings. The smallest absolute Gasteiger partial charge is 0.307 e. The average molecular weight is 473 g/mol. The van der Waals surface area contributed by atoms with Gasteiger partial charge in [-0.3, -0.25) is 15.0 Å². The van der Waals surface area contributed by atoms with Crippen molar-refractivity contribution < 1.29 is 14.4 Å². The third-order valence-corrected chi connectivity index (χ3v) is 5.49. The van der Waals surface area contributed by atoms with Crippen LogP contribution in [0.1, 0.15) is 33.2 Å². The van der Waals surface area contributed by atoms with Crippen molar-refractivity contribution in [2.24, 2.45) is 0 Å². The number of para-hydroxylation sites is 1. The highest BCUT2D eigenvalue weighted by atomic mass is 35.5. The molecule has 3 amide bonds. The van der Waals surface area contributed by atoms with E-state index in [0.29, 0.717) is 38.4 Å². The van der Waals surface area contributed by atoms with Gasteiger partial charge in [-0.05, 0) is 49.7 Å². The van der Waals surface area contributed by atoms with E-state index in [9.17, 15) is 14.4 Å². The van der Waals surface area contributed by atoms with Crippen molar-refractivity contribution in [2.75, 3.05) is 5.32 Å². The van der Waals surface area contributed by atoms with Gasteiger partial charge in [0.05, 0.1) is 16.8 Å². The SMILES string of the molecule is CC(=O)c1cccc(NC(=O)NNC(=O)c2cc(-c3ccc(Cl)cc3)nc3c(C)cccc23)c1. The van der Waals surface area contributed by atoms with E-state index in [1.165, 1.54) is 6.92 Å². The summed E-state index contributed by atoms with van der Waals surface area (Å²) in [6, 6.07) is 20.3. The second-order valence-electron chi connectivity index (χ2n) is 7.70. The van der Waals surface area contributed by atoms with Crippen molar-refractivity contribution in [3.63, 3.8) is 0 Å². The number of fused-ring (bicyclic) bond motifs is 1. The van der Waals surface area contributed by atoms with Crippen molar-refractivity contribution in [3.05, 3.63) is 94.5 Å². The fraction of sp³-hybridized carbons (Fsp3) is 0.0769. The Morgan fingerprint density at radius 3 is 2.35 bits per heavy atom. The molecular weight excluding hydrogens is 452 g/mol. The van der Waals surface area contributed by atoms with Gasteiger partial charge in [-0.1, -0.05) is 54.1 Å². The number of hydrogen-bond acceptors (Lipinski definition) is 4. The molecule has 0 saturated heterocycles. The maximum absolute atomic E-state index is 13.1. The van der Waals surface area contributed by atoms with E-state index < -0.39 is 11.9 Å². The highest BCUT2D eigenvalue weighted by molar-refractivity contribution is 6.30. The molecule has 4 aromatic rings. The van der Waals surface area contributed by atoms with E-state index in [-0.39, 0.29) is 5.78 Å². The van der Waals surface area contributed by atoms with Crippen LogP contribution in [0.2, 0.25) is 5.02 Å². The standard InChI is InChI=1S/C26H21ClN4O3/c1-15-5-3-8-21-22(14-23(29-24(15)21)17-9-11-19(27)12-10-17)25(33)30-31-26(34)28-20-7-4-6-18(13-20)16(2)32/h3-14H,1-2H3,(H,30,33)(H2,28,31,34). The average Bonchev–Trinajstić information content (AvgIpc) is 2.83. The maximum Gasteiger partial charge on any atom is 0.337 e. The number of Topliss-reactive ketones (excluding diaryl/α,β-unsaturated/α-hetero) is 1. The molecule has 0 bridgehead atoms. The fourth-order valence-corrected chi connectivity index (χ4v) is 3.63. The summed E-state index contributed by atoms with van der Waals surface area (Å²) >= 11 is 6.01. The molecule has 0 aliphatic carbocycles. The molecule has 3 N–H and O–H groups in total. The number of nitrogens with one attached hydrogen (secondary N) is 3. The van der Waals surface area contributed by atoms with Gasteiger partial charge in [-0.15, -0.1) is 0 Å². The number of nitrogens with zero attached hydrogens (tertiary/aromatic N) is 1. The van der Waals surface area contributed by atoms with Crippen LogP contribution in [0, 0.1) is 6.92 Å². The van der Waals surface area contributed by atoms with Crippen LogP contribution >= 0.6 is 11.6 Å². The van der Waals surface area contributed by atoms with Crippen LogP contribution in [-0.4, -0.2) is 22.7 Å². The molecule has 1 aromatic heterocycles. The van der Waals surface area contributed by atoms with Crippen molar-refractivity contribution in [1.29, 1.82) is 0 Å². The molecule has 0 fully saturated rings. The topological polar surface area (TPSA) is 100 Å². The zero-order valence-corrected chi connectivity index (χ0v) is 19.2. The summed E-state index contributed by atoms with van der Waals surface area (Å²) in [5.74, 6) is -0.616. The quantitative estimate of drug-likeness (QED) is 0.268. The normalized spacial score (nSPS) is 10.6. The molecule has 0 aliphatic heterocycles. The Kier molecular flexibility index (Phi) is 6.56. The molecule has 3 aromatic carbocycles. The molecule has 1 heterocycles.